The van der Waals surface area contributed by atoms with Crippen LogP contribution in [-0.2, 0) is 9.53 Å². The van der Waals surface area contributed by atoms with E-state index in [1.54, 1.807) is 11.8 Å². The van der Waals surface area contributed by atoms with Gasteiger partial charge in [0.15, 0.2) is 0 Å². The predicted octanol–water partition coefficient (Wildman–Crippen LogP) is 0.940. The third-order valence-corrected chi connectivity index (χ3v) is 3.40. The summed E-state index contributed by atoms with van der Waals surface area (Å²) in [5, 5.41) is 8.87. The molecule has 1 aliphatic carbocycles. The van der Waals surface area contributed by atoms with E-state index in [-0.39, 0.29) is 17.4 Å². The van der Waals surface area contributed by atoms with Crippen molar-refractivity contribution in [1.29, 1.82) is 0 Å². The highest BCUT2D eigenvalue weighted by molar-refractivity contribution is 5.76. The number of carboxylic acids is 1. The van der Waals surface area contributed by atoms with Crippen molar-refractivity contribution in [2.24, 2.45) is 11.3 Å². The van der Waals surface area contributed by atoms with Crippen molar-refractivity contribution in [2.45, 2.75) is 19.8 Å². The minimum Gasteiger partial charge on any atom is -0.481 e. The van der Waals surface area contributed by atoms with E-state index in [4.69, 9.17) is 9.84 Å². The fourth-order valence-electron chi connectivity index (χ4n) is 2.41. The lowest BCUT2D eigenvalue weighted by molar-refractivity contribution is -0.139. The molecule has 1 aliphatic heterocycles. The second kappa shape index (κ2) is 3.40. The fraction of sp³-hybridized carbons (Fsp3) is 0.800. The molecule has 5 heteroatoms. The van der Waals surface area contributed by atoms with E-state index < -0.39 is 5.97 Å². The molecule has 15 heavy (non-hydrogen) atoms. The number of carboxylic acid groups (broad SMARTS) is 1. The molecule has 2 unspecified atom stereocenters. The quantitative estimate of drug-likeness (QED) is 0.741. The standard InChI is InChI=1S/C10H15NO4/c1-2-15-9(14)11-4-3-10(6-11)5-7(10)8(12)13/h7H,2-6H2,1H3,(H,12,13). The van der Waals surface area contributed by atoms with Crippen LogP contribution < -0.4 is 0 Å². The first kappa shape index (κ1) is 10.3. The monoisotopic (exact) mass is 213 g/mol. The van der Waals surface area contributed by atoms with Gasteiger partial charge in [0, 0.05) is 18.5 Å². The maximum atomic E-state index is 11.4. The van der Waals surface area contributed by atoms with E-state index in [2.05, 4.69) is 0 Å². The number of carbonyl (C=O) groups excluding carboxylic acids is 1. The summed E-state index contributed by atoms with van der Waals surface area (Å²) in [7, 11) is 0. The number of rotatable bonds is 2. The Hall–Kier alpha value is -1.26. The van der Waals surface area contributed by atoms with Gasteiger partial charge >= 0.3 is 12.1 Å². The van der Waals surface area contributed by atoms with Crippen LogP contribution >= 0.6 is 0 Å². The average Bonchev–Trinajstić information content (AvgIpc) is 2.69. The zero-order chi connectivity index (χ0) is 11.1. The summed E-state index contributed by atoms with van der Waals surface area (Å²) in [5.74, 6) is -0.988. The molecule has 0 radical (unpaired) electrons. The van der Waals surface area contributed by atoms with E-state index in [0.29, 0.717) is 26.1 Å². The number of ether oxygens (including phenoxy) is 1. The maximum Gasteiger partial charge on any atom is 0.409 e. The summed E-state index contributed by atoms with van der Waals surface area (Å²) in [5.41, 5.74) is -0.140. The Morgan fingerprint density at radius 2 is 2.33 bits per heavy atom. The Morgan fingerprint density at radius 1 is 1.60 bits per heavy atom. The van der Waals surface area contributed by atoms with Crippen molar-refractivity contribution >= 4 is 12.1 Å². The van der Waals surface area contributed by atoms with Gasteiger partial charge in [-0.05, 0) is 19.8 Å². The van der Waals surface area contributed by atoms with Gasteiger partial charge in [-0.15, -0.1) is 0 Å². The number of aliphatic carboxylic acids is 1. The van der Waals surface area contributed by atoms with Gasteiger partial charge in [0.05, 0.1) is 12.5 Å². The summed E-state index contributed by atoms with van der Waals surface area (Å²) in [6.45, 7) is 3.30. The molecule has 2 atom stereocenters. The Labute approximate surface area is 88.0 Å². The highest BCUT2D eigenvalue weighted by Crippen LogP contribution is 2.58. The van der Waals surface area contributed by atoms with E-state index in [1.807, 2.05) is 0 Å². The van der Waals surface area contributed by atoms with Crippen molar-refractivity contribution in [3.05, 3.63) is 0 Å². The van der Waals surface area contributed by atoms with Crippen molar-refractivity contribution < 1.29 is 19.4 Å². The lowest BCUT2D eigenvalue weighted by Gasteiger charge is -2.15. The summed E-state index contributed by atoms with van der Waals surface area (Å²) in [6, 6.07) is 0. The number of amides is 1. The normalized spacial score (nSPS) is 33.1. The number of hydrogen-bond acceptors (Lipinski definition) is 3. The summed E-state index contributed by atoms with van der Waals surface area (Å²) in [4.78, 5) is 23.8. The smallest absolute Gasteiger partial charge is 0.409 e. The number of nitrogens with zero attached hydrogens (tertiary/aromatic N) is 1. The van der Waals surface area contributed by atoms with Crippen LogP contribution in [0.15, 0.2) is 0 Å². The molecule has 1 heterocycles. The topological polar surface area (TPSA) is 66.8 Å². The zero-order valence-electron chi connectivity index (χ0n) is 8.73. The Kier molecular flexibility index (Phi) is 2.32. The predicted molar refractivity (Wildman–Crippen MR) is 51.4 cm³/mol. The SMILES string of the molecule is CCOC(=O)N1CCC2(CC2C(=O)O)C1. The van der Waals surface area contributed by atoms with E-state index in [9.17, 15) is 9.59 Å². The first-order valence-corrected chi connectivity index (χ1v) is 5.23. The molecule has 2 rings (SSSR count). The lowest BCUT2D eigenvalue weighted by atomic mass is 10.0. The molecule has 2 aliphatic rings. The van der Waals surface area contributed by atoms with Gasteiger partial charge in [0.25, 0.3) is 0 Å². The largest absolute Gasteiger partial charge is 0.481 e. The van der Waals surface area contributed by atoms with Crippen molar-refractivity contribution in [3.8, 4) is 0 Å². The van der Waals surface area contributed by atoms with Crippen molar-refractivity contribution in [2.75, 3.05) is 19.7 Å². The van der Waals surface area contributed by atoms with E-state index >= 15 is 0 Å². The third kappa shape index (κ3) is 1.66. The maximum absolute atomic E-state index is 11.4. The summed E-state index contributed by atoms with van der Waals surface area (Å²) >= 11 is 0. The van der Waals surface area contributed by atoms with Gasteiger partial charge < -0.3 is 14.7 Å². The molecule has 0 aromatic heterocycles. The second-order valence-corrected chi connectivity index (χ2v) is 4.33. The van der Waals surface area contributed by atoms with Gasteiger partial charge in [-0.25, -0.2) is 4.79 Å². The summed E-state index contributed by atoms with van der Waals surface area (Å²) < 4.78 is 4.88. The molecule has 1 N–H and O–H groups in total. The van der Waals surface area contributed by atoms with Crippen LogP contribution in [0.3, 0.4) is 0 Å². The van der Waals surface area contributed by atoms with Crippen LogP contribution in [0.25, 0.3) is 0 Å². The van der Waals surface area contributed by atoms with Gasteiger partial charge in [-0.2, -0.15) is 0 Å². The van der Waals surface area contributed by atoms with Crippen LogP contribution in [-0.4, -0.2) is 41.8 Å². The first-order chi connectivity index (χ1) is 7.09. The van der Waals surface area contributed by atoms with Crippen LogP contribution in [0, 0.1) is 11.3 Å². The highest BCUT2D eigenvalue weighted by atomic mass is 16.6. The second-order valence-electron chi connectivity index (χ2n) is 4.33. The molecule has 2 fully saturated rings. The molecule has 0 aromatic carbocycles. The molecule has 84 valence electrons. The fourth-order valence-corrected chi connectivity index (χ4v) is 2.41. The lowest BCUT2D eigenvalue weighted by Crippen LogP contribution is -2.30. The molecular formula is C10H15NO4. The van der Waals surface area contributed by atoms with Gasteiger partial charge in [0.2, 0.25) is 0 Å². The molecule has 0 aromatic rings. The van der Waals surface area contributed by atoms with E-state index in [0.717, 1.165) is 6.42 Å². The number of likely N-dealkylation sites (tertiary alicyclic amines) is 1. The number of hydrogen-bond donors (Lipinski definition) is 1. The molecule has 5 nitrogen and oxygen atoms in total. The number of carbonyl (C=O) groups is 2. The molecule has 1 spiro atoms. The minimum absolute atomic E-state index is 0.140. The van der Waals surface area contributed by atoms with Crippen LogP contribution in [0.4, 0.5) is 4.79 Å². The molecule has 0 bridgehead atoms. The van der Waals surface area contributed by atoms with Crippen LogP contribution in [0.2, 0.25) is 0 Å². The Morgan fingerprint density at radius 3 is 2.87 bits per heavy atom. The molecule has 1 saturated carbocycles. The van der Waals surface area contributed by atoms with Crippen LogP contribution in [0.5, 0.6) is 0 Å². The Bertz CT molecular complexity index is 304. The average molecular weight is 213 g/mol. The van der Waals surface area contributed by atoms with Crippen molar-refractivity contribution in [3.63, 3.8) is 0 Å². The van der Waals surface area contributed by atoms with Crippen LogP contribution in [0.1, 0.15) is 19.8 Å². The van der Waals surface area contributed by atoms with E-state index in [1.165, 1.54) is 0 Å². The highest BCUT2D eigenvalue weighted by Gasteiger charge is 2.61. The Balaban J connectivity index is 1.91. The minimum atomic E-state index is -0.735. The first-order valence-electron chi connectivity index (χ1n) is 5.23. The summed E-state index contributed by atoms with van der Waals surface area (Å²) in [6.07, 6.45) is 1.19. The molecule has 1 amide bonds. The van der Waals surface area contributed by atoms with Gasteiger partial charge in [0.1, 0.15) is 0 Å². The third-order valence-electron chi connectivity index (χ3n) is 3.40. The zero-order valence-corrected chi connectivity index (χ0v) is 8.73. The van der Waals surface area contributed by atoms with Gasteiger partial charge in [-0.3, -0.25) is 4.79 Å². The van der Waals surface area contributed by atoms with Gasteiger partial charge in [-0.1, -0.05) is 0 Å². The van der Waals surface area contributed by atoms with Crippen molar-refractivity contribution in [1.82, 2.24) is 4.90 Å². The molecular weight excluding hydrogens is 198 g/mol. The molecule has 1 saturated heterocycles.